The summed E-state index contributed by atoms with van der Waals surface area (Å²) in [5.41, 5.74) is 1.09. The van der Waals surface area contributed by atoms with Crippen molar-refractivity contribution >= 4 is 32.6 Å². The molecular weight excluding hydrogens is 418 g/mol. The number of nitrogens with one attached hydrogen (secondary N) is 1. The third kappa shape index (κ3) is 4.58. The van der Waals surface area contributed by atoms with Crippen LogP contribution in [0.1, 0.15) is 0 Å². The predicted molar refractivity (Wildman–Crippen MR) is 119 cm³/mol. The van der Waals surface area contributed by atoms with Crippen LogP contribution in [0.15, 0.2) is 57.9 Å². The lowest BCUT2D eigenvalue weighted by Crippen LogP contribution is -2.38. The molecule has 4 rings (SSSR count). The van der Waals surface area contributed by atoms with Crippen LogP contribution in [0.4, 0.5) is 5.13 Å². The van der Waals surface area contributed by atoms with Gasteiger partial charge in [0.15, 0.2) is 10.9 Å². The van der Waals surface area contributed by atoms with E-state index in [-0.39, 0.29) is 31.1 Å². The highest BCUT2D eigenvalue weighted by molar-refractivity contribution is 7.22. The number of para-hydroxylation sites is 1. The number of carbonyl (C=O) groups is 1. The number of anilines is 1. The SMILES string of the molecule is COc1cccc2sc(N(C)CC(=O)NCCn3nc(-c4ccco4)ccc3=O)nc12. The highest BCUT2D eigenvalue weighted by Gasteiger charge is 2.14. The third-order valence-electron chi connectivity index (χ3n) is 4.58. The Morgan fingerprint density at radius 2 is 2.13 bits per heavy atom. The number of methoxy groups -OCH3 is 1. The molecule has 1 amide bonds. The van der Waals surface area contributed by atoms with Crippen LogP contribution in [-0.4, -0.2) is 47.9 Å². The second kappa shape index (κ2) is 9.00. The number of furan rings is 1. The van der Waals surface area contributed by atoms with Crippen molar-refractivity contribution in [3.05, 3.63) is 59.1 Å². The minimum absolute atomic E-state index is 0.136. The van der Waals surface area contributed by atoms with Gasteiger partial charge in [0.25, 0.3) is 5.56 Å². The number of fused-ring (bicyclic) bond motifs is 1. The first-order valence-corrected chi connectivity index (χ1v) is 10.4. The molecule has 1 N–H and O–H groups in total. The lowest BCUT2D eigenvalue weighted by Gasteiger charge is -2.15. The van der Waals surface area contributed by atoms with Crippen LogP contribution < -0.4 is 20.5 Å². The lowest BCUT2D eigenvalue weighted by molar-refractivity contribution is -0.119. The maximum Gasteiger partial charge on any atom is 0.266 e. The zero-order chi connectivity index (χ0) is 21.8. The number of likely N-dealkylation sites (N-methyl/N-ethyl adjacent to an activating group) is 1. The molecule has 10 heteroatoms. The van der Waals surface area contributed by atoms with Crippen LogP contribution in [0.25, 0.3) is 21.7 Å². The second-order valence-corrected chi connectivity index (χ2v) is 7.78. The van der Waals surface area contributed by atoms with Gasteiger partial charge in [-0.2, -0.15) is 5.10 Å². The van der Waals surface area contributed by atoms with E-state index >= 15 is 0 Å². The van der Waals surface area contributed by atoms with Gasteiger partial charge < -0.3 is 19.4 Å². The van der Waals surface area contributed by atoms with E-state index in [1.165, 1.54) is 22.1 Å². The molecule has 0 atom stereocenters. The second-order valence-electron chi connectivity index (χ2n) is 6.77. The number of rotatable bonds is 8. The minimum atomic E-state index is -0.245. The quantitative estimate of drug-likeness (QED) is 0.450. The van der Waals surface area contributed by atoms with Gasteiger partial charge in [0.2, 0.25) is 5.91 Å². The molecule has 0 bridgehead atoms. The molecule has 31 heavy (non-hydrogen) atoms. The number of hydrogen-bond donors (Lipinski definition) is 1. The number of aromatic nitrogens is 3. The van der Waals surface area contributed by atoms with Crippen LogP contribution in [0.3, 0.4) is 0 Å². The summed E-state index contributed by atoms with van der Waals surface area (Å²) in [6.07, 6.45) is 1.55. The lowest BCUT2D eigenvalue weighted by atomic mass is 10.3. The van der Waals surface area contributed by atoms with Crippen LogP contribution in [0.5, 0.6) is 5.75 Å². The molecule has 0 saturated heterocycles. The molecule has 1 aromatic carbocycles. The summed E-state index contributed by atoms with van der Waals surface area (Å²) in [5.74, 6) is 1.10. The maximum absolute atomic E-state index is 12.4. The number of amides is 1. The van der Waals surface area contributed by atoms with Crippen molar-refractivity contribution in [3.8, 4) is 17.2 Å². The summed E-state index contributed by atoms with van der Waals surface area (Å²) < 4.78 is 13.0. The van der Waals surface area contributed by atoms with E-state index in [2.05, 4.69) is 15.4 Å². The molecule has 4 aromatic rings. The number of carbonyl (C=O) groups excluding carboxylic acids is 1. The Balaban J connectivity index is 1.35. The Hall–Kier alpha value is -3.66. The van der Waals surface area contributed by atoms with Crippen LogP contribution in [0.2, 0.25) is 0 Å². The maximum atomic E-state index is 12.4. The number of thiazole rings is 1. The van der Waals surface area contributed by atoms with Gasteiger partial charge >= 0.3 is 0 Å². The molecule has 0 spiro atoms. The van der Waals surface area contributed by atoms with E-state index < -0.39 is 0 Å². The van der Waals surface area contributed by atoms with Gasteiger partial charge in [0.05, 0.1) is 31.2 Å². The van der Waals surface area contributed by atoms with Gasteiger partial charge in [0.1, 0.15) is 17.0 Å². The summed E-state index contributed by atoms with van der Waals surface area (Å²) in [4.78, 5) is 30.8. The van der Waals surface area contributed by atoms with Crippen molar-refractivity contribution in [2.45, 2.75) is 6.54 Å². The number of ether oxygens (including phenoxy) is 1. The van der Waals surface area contributed by atoms with Crippen molar-refractivity contribution in [2.24, 2.45) is 0 Å². The monoisotopic (exact) mass is 439 g/mol. The van der Waals surface area contributed by atoms with Crippen LogP contribution in [-0.2, 0) is 11.3 Å². The van der Waals surface area contributed by atoms with Crippen molar-refractivity contribution in [3.63, 3.8) is 0 Å². The van der Waals surface area contributed by atoms with Crippen LogP contribution in [0, 0.1) is 0 Å². The van der Waals surface area contributed by atoms with Gasteiger partial charge in [-0.15, -0.1) is 0 Å². The smallest absolute Gasteiger partial charge is 0.266 e. The molecular formula is C21H21N5O4S. The highest BCUT2D eigenvalue weighted by atomic mass is 32.1. The average Bonchev–Trinajstić information content (AvgIpc) is 3.45. The summed E-state index contributed by atoms with van der Waals surface area (Å²) in [6.45, 7) is 0.660. The van der Waals surface area contributed by atoms with Gasteiger partial charge in [-0.25, -0.2) is 9.67 Å². The molecule has 160 valence electrons. The first-order valence-electron chi connectivity index (χ1n) is 9.58. The van der Waals surface area contributed by atoms with Crippen molar-refractivity contribution < 1.29 is 13.9 Å². The zero-order valence-electron chi connectivity index (χ0n) is 17.1. The molecule has 0 fully saturated rings. The first kappa shape index (κ1) is 20.6. The molecule has 0 saturated carbocycles. The summed E-state index contributed by atoms with van der Waals surface area (Å²) in [6, 6.07) is 12.3. The molecule has 3 heterocycles. The van der Waals surface area contributed by atoms with E-state index in [0.717, 1.165) is 15.3 Å². The van der Waals surface area contributed by atoms with Gasteiger partial charge in [-0.05, 0) is 30.3 Å². The fourth-order valence-corrected chi connectivity index (χ4v) is 3.99. The Morgan fingerprint density at radius 1 is 1.26 bits per heavy atom. The normalized spacial score (nSPS) is 10.9. The molecule has 0 aliphatic heterocycles. The molecule has 0 unspecified atom stereocenters. The third-order valence-corrected chi connectivity index (χ3v) is 5.72. The standard InChI is InChI=1S/C21H21N5O4S/c1-25(21-23-20-16(29-2)5-3-7-17(20)31-21)13-18(27)22-10-11-26-19(28)9-8-14(24-26)15-6-4-12-30-15/h3-9,12H,10-11,13H2,1-2H3,(H,22,27). The Labute approximate surface area is 181 Å². The zero-order valence-corrected chi connectivity index (χ0v) is 17.9. The van der Waals surface area contributed by atoms with Gasteiger partial charge in [-0.3, -0.25) is 9.59 Å². The number of nitrogens with zero attached hydrogens (tertiary/aromatic N) is 4. The van der Waals surface area contributed by atoms with Gasteiger partial charge in [-0.1, -0.05) is 17.4 Å². The van der Waals surface area contributed by atoms with E-state index in [1.54, 1.807) is 36.5 Å². The Bertz CT molecular complexity index is 1250. The predicted octanol–water partition coefficient (Wildman–Crippen LogP) is 2.37. The van der Waals surface area contributed by atoms with Crippen molar-refractivity contribution in [2.75, 3.05) is 32.1 Å². The van der Waals surface area contributed by atoms with Crippen LogP contribution >= 0.6 is 11.3 Å². The van der Waals surface area contributed by atoms with Crippen molar-refractivity contribution in [1.29, 1.82) is 0 Å². The number of benzene rings is 1. The molecule has 0 aliphatic carbocycles. The fraction of sp³-hybridized carbons (Fsp3) is 0.238. The van der Waals surface area contributed by atoms with E-state index in [0.29, 0.717) is 17.2 Å². The number of hydrogen-bond acceptors (Lipinski definition) is 8. The van der Waals surface area contributed by atoms with Crippen molar-refractivity contribution in [1.82, 2.24) is 20.1 Å². The Kier molecular flexibility index (Phi) is 5.99. The first-order chi connectivity index (χ1) is 15.0. The van der Waals surface area contributed by atoms with E-state index in [9.17, 15) is 9.59 Å². The summed E-state index contributed by atoms with van der Waals surface area (Å²) >= 11 is 1.49. The fourth-order valence-electron chi connectivity index (χ4n) is 3.04. The molecule has 0 aliphatic rings. The summed E-state index contributed by atoms with van der Waals surface area (Å²) in [5, 5.41) is 7.83. The Morgan fingerprint density at radius 3 is 2.90 bits per heavy atom. The molecule has 9 nitrogen and oxygen atoms in total. The van der Waals surface area contributed by atoms with E-state index in [1.807, 2.05) is 25.2 Å². The molecule has 3 aromatic heterocycles. The van der Waals surface area contributed by atoms with Gasteiger partial charge in [0, 0.05) is 19.7 Å². The van der Waals surface area contributed by atoms with E-state index in [4.69, 9.17) is 9.15 Å². The largest absolute Gasteiger partial charge is 0.494 e. The topological polar surface area (TPSA) is 102 Å². The summed E-state index contributed by atoms with van der Waals surface area (Å²) in [7, 11) is 3.41. The minimum Gasteiger partial charge on any atom is -0.494 e. The average molecular weight is 439 g/mol. The highest BCUT2D eigenvalue weighted by Crippen LogP contribution is 2.33. The molecule has 0 radical (unpaired) electrons.